The van der Waals surface area contributed by atoms with E-state index in [0.29, 0.717) is 70.1 Å². The van der Waals surface area contributed by atoms with E-state index in [1.54, 1.807) is 58.3 Å². The normalized spacial score (nSPS) is 17.2. The van der Waals surface area contributed by atoms with Crippen LogP contribution in [-0.4, -0.2) is 187 Å². The number of imide groups is 1. The van der Waals surface area contributed by atoms with E-state index in [-0.39, 0.29) is 109 Å². The van der Waals surface area contributed by atoms with E-state index in [1.807, 2.05) is 113 Å². The Morgan fingerprint density at radius 2 is 1.42 bits per heavy atom. The quantitative estimate of drug-likeness (QED) is 0.0243. The number of nitrogens with one attached hydrogen (secondary N) is 6. The number of benzene rings is 2. The van der Waals surface area contributed by atoms with Gasteiger partial charge in [-0.2, -0.15) is 0 Å². The molecule has 1 aromatic heterocycles. The lowest BCUT2D eigenvalue weighted by atomic mass is 9.89. The third-order valence-electron chi connectivity index (χ3n) is 18.2. The van der Waals surface area contributed by atoms with Crippen LogP contribution in [0.15, 0.2) is 78.3 Å². The van der Waals surface area contributed by atoms with Crippen LogP contribution in [0, 0.1) is 29.6 Å². The Bertz CT molecular complexity index is 3000. The Labute approximate surface area is 565 Å². The highest BCUT2D eigenvalue weighted by molar-refractivity contribution is 7.09. The van der Waals surface area contributed by atoms with E-state index >= 15 is 0 Å². The molecule has 3 aromatic rings. The molecule has 0 bridgehead atoms. The zero-order valence-corrected chi connectivity index (χ0v) is 58.8. The molecule has 1 saturated heterocycles. The molecule has 5 rings (SSSR count). The molecule has 1 fully saturated rings. The number of rotatable bonds is 40. The summed E-state index contributed by atoms with van der Waals surface area (Å²) in [5.41, 5.74) is 7.70. The smallest absolute Gasteiger partial charge is 0.312 e. The number of carbonyl (C=O) groups excluding carboxylic acids is 10. The van der Waals surface area contributed by atoms with E-state index in [4.69, 9.17) is 15.2 Å². The SMILES string of the molecule is CC[C@H](C)[C@@H]([C@@H](CC(=O)N1CCC[C@H]1[C@H](OC)[C@@H](C)C(=O)N[C@@H](Cc1ccccc1)c1nccs1)OC)N(C)C(=O)[C@@H](NC(=O)[C@H](C(C)C)N(C)CCc1ccc(NC(=O)[C@H](CCCNC(N)=O)NC(=O)[C@@H](NC(=O)CCCCCN2C(=O)C=CC2=O)C(C)C)cc1)C(C)C. The summed E-state index contributed by atoms with van der Waals surface area (Å²) in [6.45, 7) is 18.5. The van der Waals surface area contributed by atoms with E-state index < -0.39 is 66.2 Å². The van der Waals surface area contributed by atoms with Crippen molar-refractivity contribution < 1.29 is 57.4 Å². The molecule has 95 heavy (non-hydrogen) atoms. The van der Waals surface area contributed by atoms with Crippen LogP contribution in [0.3, 0.4) is 0 Å². The molecule has 8 N–H and O–H groups in total. The maximum atomic E-state index is 14.9. The average molecular weight is 1340 g/mol. The van der Waals surface area contributed by atoms with Gasteiger partial charge in [0, 0.05) is 83.3 Å². The summed E-state index contributed by atoms with van der Waals surface area (Å²) in [5.74, 6) is -4.69. The largest absolute Gasteiger partial charge is 0.379 e. The van der Waals surface area contributed by atoms with Crippen molar-refractivity contribution in [2.24, 2.45) is 35.3 Å². The highest BCUT2D eigenvalue weighted by atomic mass is 32.1. The fourth-order valence-electron chi connectivity index (χ4n) is 12.7. The molecule has 25 heteroatoms. The topological polar surface area (TPSA) is 313 Å². The molecule has 0 radical (unpaired) electrons. The molecule has 24 nitrogen and oxygen atoms in total. The summed E-state index contributed by atoms with van der Waals surface area (Å²) in [4.78, 5) is 145. The fraction of sp³-hybridized carbons (Fsp3) is 0.614. The van der Waals surface area contributed by atoms with Crippen molar-refractivity contribution in [2.45, 2.75) is 194 Å². The first-order valence-electron chi connectivity index (χ1n) is 33.6. The molecule has 2 aliphatic heterocycles. The molecule has 2 aromatic carbocycles. The molecular weight excluding hydrogens is 1230 g/mol. The van der Waals surface area contributed by atoms with Crippen molar-refractivity contribution >= 4 is 76.2 Å². The van der Waals surface area contributed by atoms with Crippen molar-refractivity contribution in [1.82, 2.24) is 51.2 Å². The number of anilines is 1. The van der Waals surface area contributed by atoms with E-state index in [9.17, 15) is 47.9 Å². The number of urea groups is 1. The van der Waals surface area contributed by atoms with Gasteiger partial charge in [-0.05, 0) is 105 Å². The number of unbranched alkanes of at least 4 members (excludes halogenated alkanes) is 2. The highest BCUT2D eigenvalue weighted by Crippen LogP contribution is 2.31. The van der Waals surface area contributed by atoms with Gasteiger partial charge in [0.1, 0.15) is 23.1 Å². The lowest BCUT2D eigenvalue weighted by molar-refractivity contribution is -0.148. The second-order valence-corrected chi connectivity index (χ2v) is 27.2. The monoisotopic (exact) mass is 1340 g/mol. The number of ether oxygens (including phenoxy) is 2. The summed E-state index contributed by atoms with van der Waals surface area (Å²) in [7, 11) is 6.71. The van der Waals surface area contributed by atoms with Gasteiger partial charge in [0.05, 0.1) is 48.7 Å². The third-order valence-corrected chi connectivity index (χ3v) is 19.1. The van der Waals surface area contributed by atoms with Gasteiger partial charge >= 0.3 is 6.03 Å². The zero-order valence-electron chi connectivity index (χ0n) is 58.0. The van der Waals surface area contributed by atoms with Crippen molar-refractivity contribution in [3.8, 4) is 0 Å². The predicted molar refractivity (Wildman–Crippen MR) is 366 cm³/mol. The van der Waals surface area contributed by atoms with Gasteiger partial charge < -0.3 is 56.9 Å². The second kappa shape index (κ2) is 38.8. The molecule has 0 saturated carbocycles. The lowest BCUT2D eigenvalue weighted by Gasteiger charge is -2.41. The van der Waals surface area contributed by atoms with Crippen LogP contribution < -0.4 is 37.6 Å². The molecular formula is C70H106N12O12S. The maximum absolute atomic E-state index is 14.9. The zero-order chi connectivity index (χ0) is 70.1. The number of aromatic nitrogens is 1. The minimum Gasteiger partial charge on any atom is -0.379 e. The fourth-order valence-corrected chi connectivity index (χ4v) is 13.4. The number of hydrogen-bond acceptors (Lipinski definition) is 15. The molecule has 0 unspecified atom stereocenters. The highest BCUT2D eigenvalue weighted by Gasteiger charge is 2.44. The Balaban J connectivity index is 1.18. The number of hydrogen-bond donors (Lipinski definition) is 7. The van der Waals surface area contributed by atoms with Gasteiger partial charge in [-0.3, -0.25) is 53.0 Å². The Morgan fingerprint density at radius 1 is 0.747 bits per heavy atom. The number of likely N-dealkylation sites (N-methyl/N-ethyl adjacent to an activating group) is 2. The Kier molecular flexibility index (Phi) is 31.9. The van der Waals surface area contributed by atoms with Crippen LogP contribution in [0.25, 0.3) is 0 Å². The van der Waals surface area contributed by atoms with Crippen LogP contribution in [0.4, 0.5) is 10.5 Å². The first kappa shape index (κ1) is 78.1. The molecule has 0 spiro atoms. The number of carbonyl (C=O) groups is 10. The van der Waals surface area contributed by atoms with Gasteiger partial charge in [-0.25, -0.2) is 9.78 Å². The van der Waals surface area contributed by atoms with Crippen LogP contribution in [-0.2, 0) is 65.5 Å². The van der Waals surface area contributed by atoms with Crippen molar-refractivity contribution in [3.05, 3.63) is 94.5 Å². The first-order chi connectivity index (χ1) is 45.2. The minimum atomic E-state index is -1.05. The van der Waals surface area contributed by atoms with E-state index in [1.165, 1.54) is 23.5 Å². The molecule has 11 amide bonds. The van der Waals surface area contributed by atoms with Crippen LogP contribution in [0.5, 0.6) is 0 Å². The van der Waals surface area contributed by atoms with Gasteiger partial charge in [-0.15, -0.1) is 11.3 Å². The number of primary amides is 1. The van der Waals surface area contributed by atoms with Gasteiger partial charge in [0.25, 0.3) is 11.8 Å². The summed E-state index contributed by atoms with van der Waals surface area (Å²) in [6, 6.07) is 11.6. The van der Waals surface area contributed by atoms with Crippen molar-refractivity contribution in [2.75, 3.05) is 59.8 Å². The molecule has 11 atom stereocenters. The number of thiazole rings is 1. The standard InChI is InChI=1S/C70H106N12O12S/c1-14-46(8)62(54(93-12)42-58(86)81-38-22-26-53(81)63(94-13)47(9)64(87)76-52(68-72-36-40-95-68)41-49-23-17-15-18-24-49)80(11)69(91)60(44(4)5)78-67(90)61(45(6)7)79(10)39-34-48-28-30-50(31-29-48)74-65(88)51(25-21-35-73-70(71)92)75-66(89)59(43(2)3)77-55(83)27-19-16-20-37-82-56(84)32-33-57(82)85/h15,17-18,23-24,28-33,36,40,43-47,51-54,59-63H,14,16,19-22,25-27,34-35,37-39,41-42H2,1-13H3,(H,74,88)(H,75,89)(H,76,87)(H,77,83)(H,78,90)(H3,71,73,92)/t46-,47+,51-,52-,53-,54+,59-,60-,61-,62-,63+/m0/s1. The van der Waals surface area contributed by atoms with E-state index in [0.717, 1.165) is 27.5 Å². The van der Waals surface area contributed by atoms with Crippen molar-refractivity contribution in [1.29, 1.82) is 0 Å². The number of amides is 11. The minimum absolute atomic E-state index is 0.0295. The Hall–Kier alpha value is -7.61. The molecule has 0 aliphatic carbocycles. The average Bonchev–Trinajstić information content (AvgIpc) is 1.81. The number of nitrogens with two attached hydrogens (primary N) is 1. The third kappa shape index (κ3) is 23.3. The summed E-state index contributed by atoms with van der Waals surface area (Å²) < 4.78 is 12.3. The number of methoxy groups -OCH3 is 2. The van der Waals surface area contributed by atoms with Gasteiger partial charge in [0.2, 0.25) is 41.4 Å². The van der Waals surface area contributed by atoms with E-state index in [2.05, 4.69) is 36.9 Å². The first-order valence-corrected chi connectivity index (χ1v) is 34.5. The summed E-state index contributed by atoms with van der Waals surface area (Å²) >= 11 is 1.48. The molecule has 3 heterocycles. The molecule has 524 valence electrons. The lowest BCUT2D eigenvalue weighted by Crippen LogP contribution is -2.60. The maximum Gasteiger partial charge on any atom is 0.312 e. The van der Waals surface area contributed by atoms with Crippen LogP contribution in [0.2, 0.25) is 0 Å². The Morgan fingerprint density at radius 3 is 2.01 bits per heavy atom. The van der Waals surface area contributed by atoms with Gasteiger partial charge in [0.15, 0.2) is 0 Å². The van der Waals surface area contributed by atoms with Gasteiger partial charge in [-0.1, -0.05) is 118 Å². The summed E-state index contributed by atoms with van der Waals surface area (Å²) in [6.07, 6.45) is 8.07. The van der Waals surface area contributed by atoms with Crippen LogP contribution in [0.1, 0.15) is 149 Å². The number of nitrogens with zero attached hydrogens (tertiary/aromatic N) is 5. The van der Waals surface area contributed by atoms with Crippen molar-refractivity contribution in [3.63, 3.8) is 0 Å². The van der Waals surface area contributed by atoms with Crippen LogP contribution >= 0.6 is 11.3 Å². The number of likely N-dealkylation sites (tertiary alicyclic amines) is 1. The predicted octanol–water partition coefficient (Wildman–Crippen LogP) is 6.30. The summed E-state index contributed by atoms with van der Waals surface area (Å²) in [5, 5.41) is 20.0. The molecule has 2 aliphatic rings. The second-order valence-electron chi connectivity index (χ2n) is 26.3.